The zero-order chi connectivity index (χ0) is 17.7. The fraction of sp³-hybridized carbons (Fsp3) is 0.154. The van der Waals surface area contributed by atoms with Gasteiger partial charge in [0.15, 0.2) is 0 Å². The monoisotopic (exact) mass is 464 g/mol. The standard InChI is InChI=1S/2C11H11.4CH3.Si.Zr/c2*1-8-6-10-5-3-4-9(2)11(10)7-8;;;;;;/h2*3-7H,1-2H3;4*1H3;;/q6*-1;;. The molecule has 0 N–H and O–H groups in total. The Morgan fingerprint density at radius 1 is 0.607 bits per heavy atom. The number of fused-ring (bicyclic) bond motifs is 2. The van der Waals surface area contributed by atoms with Crippen LogP contribution in [0.5, 0.6) is 0 Å². The molecule has 4 aromatic carbocycles. The maximum atomic E-state index is 3.06. The summed E-state index contributed by atoms with van der Waals surface area (Å²) in [6.45, 7) is 11.6. The van der Waals surface area contributed by atoms with Crippen molar-refractivity contribution >= 4 is 28.4 Å². The molecule has 152 valence electrons. The van der Waals surface area contributed by atoms with Crippen molar-refractivity contribution < 1.29 is 23.3 Å². The van der Waals surface area contributed by atoms with Gasteiger partial charge in [-0.2, -0.15) is 12.1 Å². The summed E-state index contributed by atoms with van der Waals surface area (Å²) in [4.78, 5) is 0. The van der Waals surface area contributed by atoms with Gasteiger partial charge in [0.05, 0.1) is 0 Å². The number of aryl methyl sites for hydroxylation is 4. The first kappa shape index (κ1) is 31.5. The Balaban J connectivity index is -0.000000363. The van der Waals surface area contributed by atoms with Crippen LogP contribution in [0.3, 0.4) is 0 Å². The van der Waals surface area contributed by atoms with Crippen molar-refractivity contribution in [2.24, 2.45) is 0 Å². The third-order valence-electron chi connectivity index (χ3n) is 4.23. The second-order valence-corrected chi connectivity index (χ2v) is 6.22. The van der Waals surface area contributed by atoms with E-state index in [1.807, 2.05) is 0 Å². The Morgan fingerprint density at radius 3 is 1.21 bits per heavy atom. The van der Waals surface area contributed by atoms with E-state index in [9.17, 15) is 0 Å². The molecule has 0 fully saturated rings. The number of rotatable bonds is 0. The SMILES string of the molecule is Cc1cc2c(C)cccc2[cH-]1.Cc1cc2c(C)cccc2[cH-]1.[CH3-].[CH3-].[CH3-].[CH3-].[Si]=[Zr]. The molecule has 0 aliphatic rings. The third-order valence-corrected chi connectivity index (χ3v) is 4.23. The van der Waals surface area contributed by atoms with Crippen molar-refractivity contribution in [2.75, 3.05) is 0 Å². The van der Waals surface area contributed by atoms with Gasteiger partial charge >= 0.3 is 30.2 Å². The molecule has 4 aromatic rings. The van der Waals surface area contributed by atoms with E-state index in [2.05, 4.69) is 95.2 Å². The van der Waals surface area contributed by atoms with Gasteiger partial charge in [-0.15, -0.1) is 69.1 Å². The van der Waals surface area contributed by atoms with E-state index in [0.717, 1.165) is 0 Å². The fourth-order valence-electron chi connectivity index (χ4n) is 3.08. The Hall–Kier alpha value is -1.24. The Labute approximate surface area is 191 Å². The topological polar surface area (TPSA) is 0 Å². The molecule has 0 saturated carbocycles. The summed E-state index contributed by atoms with van der Waals surface area (Å²) < 4.78 is 0. The van der Waals surface area contributed by atoms with E-state index in [-0.39, 0.29) is 29.7 Å². The van der Waals surface area contributed by atoms with E-state index in [1.54, 1.807) is 0 Å². The first-order valence-electron chi connectivity index (χ1n) is 8.05. The first-order valence-corrected chi connectivity index (χ1v) is 12.2. The summed E-state index contributed by atoms with van der Waals surface area (Å²) in [7, 11) is 0. The molecule has 0 aliphatic heterocycles. The third kappa shape index (κ3) is 7.64. The van der Waals surface area contributed by atoms with Gasteiger partial charge in [0.1, 0.15) is 0 Å². The van der Waals surface area contributed by atoms with Crippen LogP contribution in [-0.4, -0.2) is 6.88 Å². The van der Waals surface area contributed by atoms with E-state index in [1.165, 1.54) is 67.1 Å². The number of hydrogen-bond donors (Lipinski definition) is 0. The van der Waals surface area contributed by atoms with Gasteiger partial charge in [0.25, 0.3) is 0 Å². The van der Waals surface area contributed by atoms with Gasteiger partial charge in [-0.1, -0.05) is 37.1 Å². The second kappa shape index (κ2) is 14.7. The summed E-state index contributed by atoms with van der Waals surface area (Å²) in [5.41, 5.74) is 5.45. The zero-order valence-electron chi connectivity index (χ0n) is 18.8. The summed E-state index contributed by atoms with van der Waals surface area (Å²) in [6, 6.07) is 21.8. The number of hydrogen-bond acceptors (Lipinski definition) is 0. The fourth-order valence-corrected chi connectivity index (χ4v) is 3.08. The van der Waals surface area contributed by atoms with Crippen LogP contribution >= 0.6 is 0 Å². The van der Waals surface area contributed by atoms with E-state index < -0.39 is 0 Å². The predicted molar refractivity (Wildman–Crippen MR) is 129 cm³/mol. The molecule has 0 spiro atoms. The summed E-state index contributed by atoms with van der Waals surface area (Å²) in [6.07, 6.45) is 0. The van der Waals surface area contributed by atoms with Gasteiger partial charge < -0.3 is 29.7 Å². The van der Waals surface area contributed by atoms with Gasteiger partial charge in [0, 0.05) is 0 Å². The molecule has 2 radical (unpaired) electrons. The molecule has 0 aliphatic carbocycles. The maximum absolute atomic E-state index is 3.06. The molecule has 0 unspecified atom stereocenters. The molecule has 0 bridgehead atoms. The predicted octanol–water partition coefficient (Wildman–Crippen LogP) is 7.77. The van der Waals surface area contributed by atoms with Crippen molar-refractivity contribution in [1.29, 1.82) is 0 Å². The van der Waals surface area contributed by atoms with Crippen molar-refractivity contribution in [3.63, 3.8) is 0 Å². The molecule has 4 rings (SSSR count). The summed E-state index contributed by atoms with van der Waals surface area (Å²) in [5, 5.41) is 5.51. The van der Waals surface area contributed by atoms with Crippen LogP contribution < -0.4 is 0 Å². The van der Waals surface area contributed by atoms with Crippen LogP contribution in [0.2, 0.25) is 0 Å². The van der Waals surface area contributed by atoms with Crippen LogP contribution in [0.4, 0.5) is 0 Å². The normalized spacial score (nSPS) is 8.54. The Kier molecular flexibility index (Phi) is 16.5. The first-order chi connectivity index (χ1) is 11.5. The Bertz CT molecular complexity index is 866. The quantitative estimate of drug-likeness (QED) is 0.184. The van der Waals surface area contributed by atoms with Crippen LogP contribution in [0.1, 0.15) is 22.3 Å². The van der Waals surface area contributed by atoms with Crippen LogP contribution in [0.15, 0.2) is 60.7 Å². The van der Waals surface area contributed by atoms with Crippen molar-refractivity contribution in [3.8, 4) is 0 Å². The molecule has 0 atom stereocenters. The molecular formula is C26H34SiZr-6. The molecule has 0 aromatic heterocycles. The molecule has 2 heteroatoms. The van der Waals surface area contributed by atoms with Gasteiger partial charge in [-0.3, -0.25) is 0 Å². The van der Waals surface area contributed by atoms with Crippen molar-refractivity contribution in [1.82, 2.24) is 0 Å². The number of benzene rings is 2. The average molecular weight is 466 g/mol. The van der Waals surface area contributed by atoms with Crippen molar-refractivity contribution in [3.05, 3.63) is 113 Å². The Morgan fingerprint density at radius 2 is 0.929 bits per heavy atom. The summed E-state index contributed by atoms with van der Waals surface area (Å²) in [5.74, 6) is 0. The molecule has 0 heterocycles. The molecule has 0 amide bonds. The minimum atomic E-state index is 0. The van der Waals surface area contributed by atoms with Crippen molar-refractivity contribution in [2.45, 2.75) is 27.7 Å². The zero-order valence-corrected chi connectivity index (χ0v) is 22.2. The van der Waals surface area contributed by atoms with E-state index >= 15 is 0 Å². The molecular weight excluding hydrogens is 432 g/mol. The molecule has 0 nitrogen and oxygen atoms in total. The average Bonchev–Trinajstić information content (AvgIpc) is 3.13. The van der Waals surface area contributed by atoms with Crippen LogP contribution in [0.25, 0.3) is 21.5 Å². The second-order valence-electron chi connectivity index (χ2n) is 6.22. The molecule has 28 heavy (non-hydrogen) atoms. The van der Waals surface area contributed by atoms with Gasteiger partial charge in [-0.05, 0) is 13.8 Å². The van der Waals surface area contributed by atoms with Gasteiger partial charge in [0.2, 0.25) is 0 Å². The van der Waals surface area contributed by atoms with Gasteiger partial charge in [-0.25, -0.2) is 0 Å². The van der Waals surface area contributed by atoms with Crippen LogP contribution in [0, 0.1) is 57.4 Å². The minimum absolute atomic E-state index is 0. The van der Waals surface area contributed by atoms with Crippen LogP contribution in [-0.2, 0) is 23.3 Å². The molecule has 0 saturated heterocycles. The summed E-state index contributed by atoms with van der Waals surface area (Å²) >= 11 is 1.36. The van der Waals surface area contributed by atoms with E-state index in [4.69, 9.17) is 0 Å². The van der Waals surface area contributed by atoms with E-state index in [0.29, 0.717) is 0 Å².